The maximum atomic E-state index is 11.0. The number of nitrogens with two attached hydrogens (primary N) is 1. The SMILES string of the molecule is Cc1cccc([C@H]2CCCN2CC(N)=O)n1. The molecule has 1 fully saturated rings. The lowest BCUT2D eigenvalue weighted by Crippen LogP contribution is -2.33. The summed E-state index contributed by atoms with van der Waals surface area (Å²) in [5.74, 6) is -0.264. The number of aromatic nitrogens is 1. The van der Waals surface area contributed by atoms with Crippen molar-refractivity contribution in [1.82, 2.24) is 9.88 Å². The smallest absolute Gasteiger partial charge is 0.231 e. The molecule has 4 nitrogen and oxygen atoms in total. The zero-order chi connectivity index (χ0) is 11.5. The Balaban J connectivity index is 2.16. The van der Waals surface area contributed by atoms with E-state index in [1.165, 1.54) is 0 Å². The summed E-state index contributed by atoms with van der Waals surface area (Å²) in [5.41, 5.74) is 7.31. The van der Waals surface area contributed by atoms with Crippen LogP contribution in [0.2, 0.25) is 0 Å². The van der Waals surface area contributed by atoms with Gasteiger partial charge < -0.3 is 5.73 Å². The van der Waals surface area contributed by atoms with E-state index >= 15 is 0 Å². The molecule has 1 saturated heterocycles. The highest BCUT2D eigenvalue weighted by Gasteiger charge is 2.27. The number of carbonyl (C=O) groups excluding carboxylic acids is 1. The van der Waals surface area contributed by atoms with Gasteiger partial charge in [-0.1, -0.05) is 6.07 Å². The first kappa shape index (κ1) is 11.1. The average Bonchev–Trinajstić information content (AvgIpc) is 2.65. The molecular weight excluding hydrogens is 202 g/mol. The topological polar surface area (TPSA) is 59.2 Å². The van der Waals surface area contributed by atoms with Crippen molar-refractivity contribution in [3.05, 3.63) is 29.6 Å². The number of pyridine rings is 1. The van der Waals surface area contributed by atoms with E-state index in [0.29, 0.717) is 6.54 Å². The first-order valence-corrected chi connectivity index (χ1v) is 5.63. The molecule has 1 aliphatic heterocycles. The second kappa shape index (κ2) is 4.61. The van der Waals surface area contributed by atoms with Crippen LogP contribution in [0.5, 0.6) is 0 Å². The summed E-state index contributed by atoms with van der Waals surface area (Å²) in [4.78, 5) is 17.6. The number of hydrogen-bond donors (Lipinski definition) is 1. The first-order chi connectivity index (χ1) is 7.66. The Bertz CT molecular complexity index is 392. The number of nitrogens with zero attached hydrogens (tertiary/aromatic N) is 2. The van der Waals surface area contributed by atoms with Crippen molar-refractivity contribution in [2.75, 3.05) is 13.1 Å². The molecule has 0 spiro atoms. The van der Waals surface area contributed by atoms with Crippen molar-refractivity contribution in [2.24, 2.45) is 5.73 Å². The number of carbonyl (C=O) groups is 1. The molecule has 1 amide bonds. The molecule has 1 aromatic rings. The minimum Gasteiger partial charge on any atom is -0.369 e. The molecule has 86 valence electrons. The molecule has 1 aromatic heterocycles. The van der Waals surface area contributed by atoms with Crippen LogP contribution in [-0.2, 0) is 4.79 Å². The van der Waals surface area contributed by atoms with Gasteiger partial charge in [-0.05, 0) is 38.4 Å². The standard InChI is InChI=1S/C12H17N3O/c1-9-4-2-5-10(14-9)11-6-3-7-15(11)8-12(13)16/h2,4-5,11H,3,6-8H2,1H3,(H2,13,16)/t11-/m1/s1. The molecule has 0 aromatic carbocycles. The normalized spacial score (nSPS) is 21.2. The summed E-state index contributed by atoms with van der Waals surface area (Å²) >= 11 is 0. The molecule has 4 heteroatoms. The van der Waals surface area contributed by atoms with E-state index in [9.17, 15) is 4.79 Å². The molecule has 2 rings (SSSR count). The molecule has 1 aliphatic rings. The van der Waals surface area contributed by atoms with Crippen LogP contribution in [-0.4, -0.2) is 28.9 Å². The van der Waals surface area contributed by atoms with Crippen LogP contribution < -0.4 is 5.73 Å². The first-order valence-electron chi connectivity index (χ1n) is 5.63. The van der Waals surface area contributed by atoms with E-state index in [1.807, 2.05) is 25.1 Å². The molecule has 16 heavy (non-hydrogen) atoms. The summed E-state index contributed by atoms with van der Waals surface area (Å²) in [7, 11) is 0. The quantitative estimate of drug-likeness (QED) is 0.825. The van der Waals surface area contributed by atoms with Gasteiger partial charge in [0.1, 0.15) is 0 Å². The minimum absolute atomic E-state index is 0.257. The van der Waals surface area contributed by atoms with Gasteiger partial charge in [-0.2, -0.15) is 0 Å². The monoisotopic (exact) mass is 219 g/mol. The zero-order valence-corrected chi connectivity index (χ0v) is 9.52. The maximum absolute atomic E-state index is 11.0. The van der Waals surface area contributed by atoms with Gasteiger partial charge in [0, 0.05) is 5.69 Å². The lowest BCUT2D eigenvalue weighted by atomic mass is 10.1. The predicted molar refractivity (Wildman–Crippen MR) is 61.7 cm³/mol. The Morgan fingerprint density at radius 2 is 2.44 bits per heavy atom. The minimum atomic E-state index is -0.264. The van der Waals surface area contributed by atoms with Crippen LogP contribution >= 0.6 is 0 Å². The van der Waals surface area contributed by atoms with Crippen LogP contribution in [0.3, 0.4) is 0 Å². The maximum Gasteiger partial charge on any atom is 0.231 e. The Hall–Kier alpha value is -1.42. The van der Waals surface area contributed by atoms with Crippen molar-refractivity contribution in [2.45, 2.75) is 25.8 Å². The van der Waals surface area contributed by atoms with E-state index in [0.717, 1.165) is 30.8 Å². The van der Waals surface area contributed by atoms with Crippen molar-refractivity contribution in [3.8, 4) is 0 Å². The Morgan fingerprint density at radius 1 is 1.62 bits per heavy atom. The summed E-state index contributed by atoms with van der Waals surface area (Å²) in [6.07, 6.45) is 2.16. The molecule has 0 saturated carbocycles. The highest BCUT2D eigenvalue weighted by atomic mass is 16.1. The van der Waals surface area contributed by atoms with Crippen LogP contribution in [0.15, 0.2) is 18.2 Å². The number of amides is 1. The average molecular weight is 219 g/mol. The van der Waals surface area contributed by atoms with Gasteiger partial charge in [0.15, 0.2) is 0 Å². The highest BCUT2D eigenvalue weighted by molar-refractivity contribution is 5.76. The van der Waals surface area contributed by atoms with Gasteiger partial charge in [0.05, 0.1) is 18.3 Å². The third-order valence-electron chi connectivity index (χ3n) is 2.97. The molecular formula is C12H17N3O. The van der Waals surface area contributed by atoms with Gasteiger partial charge in [-0.3, -0.25) is 14.7 Å². The molecule has 1 atom stereocenters. The largest absolute Gasteiger partial charge is 0.369 e. The number of rotatable bonds is 3. The molecule has 0 unspecified atom stereocenters. The Kier molecular flexibility index (Phi) is 3.19. The van der Waals surface area contributed by atoms with Gasteiger partial charge in [-0.25, -0.2) is 0 Å². The number of primary amides is 1. The number of likely N-dealkylation sites (tertiary alicyclic amines) is 1. The van der Waals surface area contributed by atoms with Crippen LogP contribution in [0.4, 0.5) is 0 Å². The Morgan fingerprint density at radius 3 is 3.12 bits per heavy atom. The number of aryl methyl sites for hydroxylation is 1. The van der Waals surface area contributed by atoms with E-state index in [2.05, 4.69) is 9.88 Å². The second-order valence-corrected chi connectivity index (χ2v) is 4.30. The molecule has 0 radical (unpaired) electrons. The summed E-state index contributed by atoms with van der Waals surface area (Å²) in [6.45, 7) is 3.25. The zero-order valence-electron chi connectivity index (χ0n) is 9.52. The lowest BCUT2D eigenvalue weighted by Gasteiger charge is -2.22. The molecule has 0 aliphatic carbocycles. The summed E-state index contributed by atoms with van der Waals surface area (Å²) in [6, 6.07) is 6.28. The van der Waals surface area contributed by atoms with Crippen LogP contribution in [0.25, 0.3) is 0 Å². The third-order valence-corrected chi connectivity index (χ3v) is 2.97. The lowest BCUT2D eigenvalue weighted by molar-refractivity contribution is -0.119. The van der Waals surface area contributed by atoms with E-state index in [-0.39, 0.29) is 11.9 Å². The second-order valence-electron chi connectivity index (χ2n) is 4.30. The number of hydrogen-bond acceptors (Lipinski definition) is 3. The van der Waals surface area contributed by atoms with E-state index < -0.39 is 0 Å². The van der Waals surface area contributed by atoms with Crippen LogP contribution in [0.1, 0.15) is 30.3 Å². The van der Waals surface area contributed by atoms with Crippen molar-refractivity contribution >= 4 is 5.91 Å². The third kappa shape index (κ3) is 2.39. The molecule has 2 N–H and O–H groups in total. The highest BCUT2D eigenvalue weighted by Crippen LogP contribution is 2.30. The molecule has 2 heterocycles. The van der Waals surface area contributed by atoms with Gasteiger partial charge in [0.2, 0.25) is 5.91 Å². The van der Waals surface area contributed by atoms with Crippen molar-refractivity contribution < 1.29 is 4.79 Å². The summed E-state index contributed by atoms with van der Waals surface area (Å²) in [5, 5.41) is 0. The fraction of sp³-hybridized carbons (Fsp3) is 0.500. The van der Waals surface area contributed by atoms with Crippen molar-refractivity contribution in [1.29, 1.82) is 0 Å². The summed E-state index contributed by atoms with van der Waals surface area (Å²) < 4.78 is 0. The van der Waals surface area contributed by atoms with Gasteiger partial charge in [-0.15, -0.1) is 0 Å². The Labute approximate surface area is 95.5 Å². The van der Waals surface area contributed by atoms with Crippen LogP contribution in [0, 0.1) is 6.92 Å². The molecule has 0 bridgehead atoms. The predicted octanol–water partition coefficient (Wildman–Crippen LogP) is 1.01. The fourth-order valence-electron chi connectivity index (χ4n) is 2.30. The van der Waals surface area contributed by atoms with Gasteiger partial charge in [0.25, 0.3) is 0 Å². The van der Waals surface area contributed by atoms with Crippen molar-refractivity contribution in [3.63, 3.8) is 0 Å². The van der Waals surface area contributed by atoms with Gasteiger partial charge >= 0.3 is 0 Å². The van der Waals surface area contributed by atoms with E-state index in [4.69, 9.17) is 5.73 Å². The fourth-order valence-corrected chi connectivity index (χ4v) is 2.30. The van der Waals surface area contributed by atoms with E-state index in [1.54, 1.807) is 0 Å².